The molecule has 1 aromatic heterocycles. The van der Waals surface area contributed by atoms with Gasteiger partial charge in [0.1, 0.15) is 11.4 Å². The van der Waals surface area contributed by atoms with E-state index in [1.54, 1.807) is 0 Å². The van der Waals surface area contributed by atoms with Crippen LogP contribution in [0.25, 0.3) is 0 Å². The molecular weight excluding hydrogens is 422 g/mol. The van der Waals surface area contributed by atoms with E-state index in [-0.39, 0.29) is 5.76 Å². The van der Waals surface area contributed by atoms with Crippen LogP contribution in [0.15, 0.2) is 44.8 Å². The molecule has 0 saturated heterocycles. The number of ether oxygens (including phenoxy) is 1. The van der Waals surface area contributed by atoms with Crippen LogP contribution in [0.3, 0.4) is 0 Å². The van der Waals surface area contributed by atoms with Crippen LogP contribution in [-0.2, 0) is 16.0 Å². The molecule has 2 rings (SSSR count). The Hall–Kier alpha value is -4.82. The second-order valence-corrected chi connectivity index (χ2v) is 5.57. The first-order valence-corrected chi connectivity index (χ1v) is 8.08. The molecule has 0 aliphatic rings. The van der Waals surface area contributed by atoms with Crippen molar-refractivity contribution in [3.8, 4) is 5.75 Å². The summed E-state index contributed by atoms with van der Waals surface area (Å²) in [6.45, 7) is 0. The van der Waals surface area contributed by atoms with Crippen LogP contribution in [0.1, 0.15) is 5.76 Å². The first-order valence-electron chi connectivity index (χ1n) is 8.08. The zero-order chi connectivity index (χ0) is 23.1. The Bertz CT molecular complexity index is 1140. The Morgan fingerprint density at radius 2 is 1.94 bits per heavy atom. The van der Waals surface area contributed by atoms with Crippen LogP contribution < -0.4 is 16.2 Å². The number of carbonyl (C=O) groups is 2. The van der Waals surface area contributed by atoms with E-state index in [1.165, 1.54) is 0 Å². The SMILES string of the molecule is COC(=O)NN=C(Cc1occc(=O)c1O)C(=O)Nc1ccc([N+](=O)[O-])cc1[N+](=O)[O-]. The number of nitrogens with one attached hydrogen (secondary N) is 2. The van der Waals surface area contributed by atoms with Crippen LogP contribution in [0.5, 0.6) is 5.75 Å². The zero-order valence-electron chi connectivity index (χ0n) is 15.6. The molecule has 0 fully saturated rings. The van der Waals surface area contributed by atoms with Crippen LogP contribution in [0, 0.1) is 20.2 Å². The number of hydrazone groups is 1. The van der Waals surface area contributed by atoms with E-state index in [1.807, 2.05) is 5.43 Å². The predicted octanol–water partition coefficient (Wildman–Crippen LogP) is 1.05. The Labute approximate surface area is 171 Å². The Kier molecular flexibility index (Phi) is 6.95. The molecule has 0 unspecified atom stereocenters. The number of benzene rings is 1. The number of anilines is 1. The number of non-ortho nitro benzene ring substituents is 1. The lowest BCUT2D eigenvalue weighted by atomic mass is 10.1. The number of methoxy groups -OCH3 is 1. The molecule has 1 heterocycles. The lowest BCUT2D eigenvalue weighted by molar-refractivity contribution is -0.393. The molecule has 0 radical (unpaired) electrons. The van der Waals surface area contributed by atoms with E-state index in [0.717, 1.165) is 31.6 Å². The lowest BCUT2D eigenvalue weighted by Crippen LogP contribution is -2.29. The van der Waals surface area contributed by atoms with Gasteiger partial charge in [-0.1, -0.05) is 0 Å². The first kappa shape index (κ1) is 22.5. The van der Waals surface area contributed by atoms with Gasteiger partial charge in [-0.2, -0.15) is 5.10 Å². The van der Waals surface area contributed by atoms with Gasteiger partial charge < -0.3 is 19.6 Å². The van der Waals surface area contributed by atoms with Gasteiger partial charge in [-0.15, -0.1) is 0 Å². The lowest BCUT2D eigenvalue weighted by Gasteiger charge is -2.09. The van der Waals surface area contributed by atoms with Crippen molar-refractivity contribution >= 4 is 34.8 Å². The largest absolute Gasteiger partial charge is 0.502 e. The molecule has 2 aromatic rings. The van der Waals surface area contributed by atoms with Gasteiger partial charge in [0, 0.05) is 12.1 Å². The highest BCUT2D eigenvalue weighted by atomic mass is 16.6. The number of rotatable bonds is 7. The van der Waals surface area contributed by atoms with Crippen molar-refractivity contribution in [2.24, 2.45) is 5.10 Å². The Balaban J connectivity index is 2.40. The van der Waals surface area contributed by atoms with Crippen molar-refractivity contribution in [1.82, 2.24) is 5.43 Å². The normalized spacial score (nSPS) is 10.8. The third-order valence-corrected chi connectivity index (χ3v) is 3.62. The number of carbonyl (C=O) groups excluding carboxylic acids is 2. The van der Waals surface area contributed by atoms with Crippen molar-refractivity contribution in [3.63, 3.8) is 0 Å². The van der Waals surface area contributed by atoms with Crippen LogP contribution >= 0.6 is 0 Å². The van der Waals surface area contributed by atoms with E-state index < -0.39 is 62.2 Å². The first-order chi connectivity index (χ1) is 14.6. The minimum atomic E-state index is -1.11. The number of hydrogen-bond donors (Lipinski definition) is 3. The molecule has 0 saturated carbocycles. The third kappa shape index (κ3) is 5.59. The maximum atomic E-state index is 12.6. The highest BCUT2D eigenvalue weighted by Crippen LogP contribution is 2.29. The smallest absolute Gasteiger partial charge is 0.427 e. The van der Waals surface area contributed by atoms with Crippen molar-refractivity contribution in [2.45, 2.75) is 6.42 Å². The molecular formula is C16H13N5O10. The van der Waals surface area contributed by atoms with Gasteiger partial charge in [0.25, 0.3) is 17.3 Å². The van der Waals surface area contributed by atoms with E-state index in [9.17, 15) is 39.7 Å². The number of amides is 2. The van der Waals surface area contributed by atoms with Crippen LogP contribution in [0.4, 0.5) is 21.9 Å². The summed E-state index contributed by atoms with van der Waals surface area (Å²) < 4.78 is 9.28. The van der Waals surface area contributed by atoms with Gasteiger partial charge in [-0.3, -0.25) is 29.8 Å². The minimum Gasteiger partial charge on any atom is -0.502 e. The molecule has 31 heavy (non-hydrogen) atoms. The average molecular weight is 435 g/mol. The van der Waals surface area contributed by atoms with E-state index >= 15 is 0 Å². The second-order valence-electron chi connectivity index (χ2n) is 5.57. The zero-order valence-corrected chi connectivity index (χ0v) is 15.6. The predicted molar refractivity (Wildman–Crippen MR) is 102 cm³/mol. The summed E-state index contributed by atoms with van der Waals surface area (Å²) in [7, 11) is 1.02. The Morgan fingerprint density at radius 1 is 1.23 bits per heavy atom. The van der Waals surface area contributed by atoms with Gasteiger partial charge in [0.05, 0.1) is 35.7 Å². The minimum absolute atomic E-state index is 0.383. The van der Waals surface area contributed by atoms with Crippen LogP contribution in [-0.4, -0.2) is 39.8 Å². The van der Waals surface area contributed by atoms with Gasteiger partial charge >= 0.3 is 6.09 Å². The van der Waals surface area contributed by atoms with Crippen molar-refractivity contribution in [2.75, 3.05) is 12.4 Å². The molecule has 3 N–H and O–H groups in total. The summed E-state index contributed by atoms with van der Waals surface area (Å²) >= 11 is 0. The molecule has 0 aliphatic carbocycles. The molecule has 162 valence electrons. The van der Waals surface area contributed by atoms with Gasteiger partial charge in [0.2, 0.25) is 11.2 Å². The van der Waals surface area contributed by atoms with Crippen molar-refractivity contribution in [3.05, 3.63) is 66.7 Å². The second kappa shape index (κ2) is 9.59. The van der Waals surface area contributed by atoms with Crippen LogP contribution in [0.2, 0.25) is 0 Å². The molecule has 0 atom stereocenters. The summed E-state index contributed by atoms with van der Waals surface area (Å²) in [6, 6.07) is 3.41. The average Bonchev–Trinajstić information content (AvgIpc) is 2.73. The third-order valence-electron chi connectivity index (χ3n) is 3.62. The standard InChI is InChI=1S/C16H13N5O10/c1-30-16(25)19-18-10(7-13-14(23)12(22)4-5-31-13)15(24)17-9-3-2-8(20(26)27)6-11(9)21(28)29/h2-6,23H,7H2,1H3,(H,17,24)(H,19,25). The molecule has 0 bridgehead atoms. The van der Waals surface area contributed by atoms with Crippen molar-refractivity contribution < 1.29 is 33.7 Å². The quantitative estimate of drug-likeness (QED) is 0.319. The molecule has 0 aliphatic heterocycles. The summed E-state index contributed by atoms with van der Waals surface area (Å²) in [5.74, 6) is -2.31. The molecule has 15 nitrogen and oxygen atoms in total. The number of nitro benzene ring substituents is 2. The maximum absolute atomic E-state index is 12.6. The fraction of sp³-hybridized carbons (Fsp3) is 0.125. The van der Waals surface area contributed by atoms with Gasteiger partial charge in [0.15, 0.2) is 5.76 Å². The highest BCUT2D eigenvalue weighted by molar-refractivity contribution is 6.43. The van der Waals surface area contributed by atoms with E-state index in [0.29, 0.717) is 6.07 Å². The van der Waals surface area contributed by atoms with Gasteiger partial charge in [-0.05, 0) is 6.07 Å². The fourth-order valence-electron chi connectivity index (χ4n) is 2.14. The monoisotopic (exact) mass is 435 g/mol. The fourth-order valence-corrected chi connectivity index (χ4v) is 2.14. The number of aromatic hydroxyl groups is 1. The van der Waals surface area contributed by atoms with Gasteiger partial charge in [-0.25, -0.2) is 10.2 Å². The molecule has 15 heteroatoms. The molecule has 1 aromatic carbocycles. The number of nitrogens with zero attached hydrogens (tertiary/aromatic N) is 3. The maximum Gasteiger partial charge on any atom is 0.427 e. The molecule has 2 amide bonds. The van der Waals surface area contributed by atoms with Crippen molar-refractivity contribution in [1.29, 1.82) is 0 Å². The number of hydrogen-bond acceptors (Lipinski definition) is 11. The topological polar surface area (TPSA) is 217 Å². The highest BCUT2D eigenvalue weighted by Gasteiger charge is 2.24. The summed E-state index contributed by atoms with van der Waals surface area (Å²) in [5.41, 5.74) is -1.28. The summed E-state index contributed by atoms with van der Waals surface area (Å²) in [5, 5.41) is 37.5. The summed E-state index contributed by atoms with van der Waals surface area (Å²) in [6.07, 6.45) is -0.731. The van der Waals surface area contributed by atoms with E-state index in [4.69, 9.17) is 4.42 Å². The molecule has 0 spiro atoms. The Morgan fingerprint density at radius 3 is 2.55 bits per heavy atom. The number of nitro groups is 2. The summed E-state index contributed by atoms with van der Waals surface area (Å²) in [4.78, 5) is 55.7. The van der Waals surface area contributed by atoms with E-state index in [2.05, 4.69) is 15.2 Å².